The van der Waals surface area contributed by atoms with Crippen molar-refractivity contribution >= 4 is 28.3 Å². The minimum absolute atomic E-state index is 0.106. The number of nitrogens with one attached hydrogen (secondary N) is 2. The van der Waals surface area contributed by atoms with Crippen LogP contribution >= 0.6 is 11.3 Å². The first kappa shape index (κ1) is 21.3. The third-order valence-electron chi connectivity index (χ3n) is 4.40. The van der Waals surface area contributed by atoms with Crippen molar-refractivity contribution < 1.29 is 19.1 Å². The molecule has 0 aliphatic carbocycles. The maximum atomic E-state index is 12.6. The summed E-state index contributed by atoms with van der Waals surface area (Å²) in [7, 11) is 3.16. The number of rotatable bonds is 8. The Morgan fingerprint density at radius 2 is 1.80 bits per heavy atom. The van der Waals surface area contributed by atoms with Crippen molar-refractivity contribution in [1.82, 2.24) is 10.3 Å². The molecule has 0 bridgehead atoms. The second-order valence-electron chi connectivity index (χ2n) is 6.52. The lowest BCUT2D eigenvalue weighted by Crippen LogP contribution is -2.29. The Labute approximate surface area is 179 Å². The largest absolute Gasteiger partial charge is 0.493 e. The van der Waals surface area contributed by atoms with Gasteiger partial charge in [0.25, 0.3) is 0 Å². The fraction of sp³-hybridized carbons (Fsp3) is 0.227. The highest BCUT2D eigenvalue weighted by Crippen LogP contribution is 2.33. The molecule has 0 saturated heterocycles. The molecule has 0 spiro atoms. The van der Waals surface area contributed by atoms with Crippen molar-refractivity contribution in [3.63, 3.8) is 0 Å². The third-order valence-corrected chi connectivity index (χ3v) is 5.16. The molecule has 2 aromatic carbocycles. The smallest absolute Gasteiger partial charge is 0.228 e. The number of amides is 2. The number of thiazole rings is 1. The zero-order valence-electron chi connectivity index (χ0n) is 17.0. The predicted molar refractivity (Wildman–Crippen MR) is 117 cm³/mol. The Kier molecular flexibility index (Phi) is 7.03. The Hall–Kier alpha value is -3.39. The summed E-state index contributed by atoms with van der Waals surface area (Å²) in [5, 5.41) is 7.99. The van der Waals surface area contributed by atoms with Gasteiger partial charge in [-0.3, -0.25) is 9.59 Å². The summed E-state index contributed by atoms with van der Waals surface area (Å²) in [6.45, 7) is 1.43. The number of carbonyl (C=O) groups is 2. The van der Waals surface area contributed by atoms with E-state index in [9.17, 15) is 9.59 Å². The number of methoxy groups -OCH3 is 2. The van der Waals surface area contributed by atoms with Crippen LogP contribution in [0.15, 0.2) is 53.9 Å². The van der Waals surface area contributed by atoms with Gasteiger partial charge in [-0.25, -0.2) is 4.98 Å². The van der Waals surface area contributed by atoms with Crippen LogP contribution in [0.2, 0.25) is 0 Å². The summed E-state index contributed by atoms with van der Waals surface area (Å²) in [6.07, 6.45) is 0.106. The van der Waals surface area contributed by atoms with Crippen molar-refractivity contribution in [2.24, 2.45) is 0 Å². The number of aromatic nitrogens is 1. The molecule has 1 aromatic heterocycles. The molecular formula is C22H23N3O4S. The molecule has 3 rings (SSSR count). The van der Waals surface area contributed by atoms with E-state index in [1.807, 2.05) is 53.9 Å². The standard InChI is InChI=1S/C22H23N3O4S/c1-14(26)23-17(15-7-5-4-6-8-15)12-21(27)25-22-24-18(13-30-22)16-9-10-19(28-2)20(11-16)29-3/h4-11,13,17H,12H2,1-3H3,(H,23,26)(H,24,25,27)/t17-/m1/s1. The van der Waals surface area contributed by atoms with Gasteiger partial charge in [0, 0.05) is 17.9 Å². The summed E-state index contributed by atoms with van der Waals surface area (Å²) >= 11 is 1.33. The van der Waals surface area contributed by atoms with Crippen LogP contribution < -0.4 is 20.1 Å². The molecule has 8 heteroatoms. The molecule has 1 heterocycles. The fourth-order valence-electron chi connectivity index (χ4n) is 3.00. The quantitative estimate of drug-likeness (QED) is 0.569. The molecule has 0 aliphatic heterocycles. The van der Waals surface area contributed by atoms with E-state index in [0.29, 0.717) is 16.6 Å². The highest BCUT2D eigenvalue weighted by Gasteiger charge is 2.18. The lowest BCUT2D eigenvalue weighted by Gasteiger charge is -2.17. The minimum atomic E-state index is -0.408. The van der Waals surface area contributed by atoms with Gasteiger partial charge in [0.05, 0.1) is 32.4 Å². The van der Waals surface area contributed by atoms with Crippen LogP contribution in [-0.2, 0) is 9.59 Å². The lowest BCUT2D eigenvalue weighted by atomic mass is 10.0. The van der Waals surface area contributed by atoms with Gasteiger partial charge in [-0.15, -0.1) is 11.3 Å². The first-order chi connectivity index (χ1) is 14.5. The highest BCUT2D eigenvalue weighted by molar-refractivity contribution is 7.14. The maximum absolute atomic E-state index is 12.6. The third kappa shape index (κ3) is 5.36. The molecule has 0 fully saturated rings. The summed E-state index contributed by atoms with van der Waals surface area (Å²) in [4.78, 5) is 28.6. The second-order valence-corrected chi connectivity index (χ2v) is 7.38. The van der Waals surface area contributed by atoms with Crippen molar-refractivity contribution in [3.05, 3.63) is 59.5 Å². The van der Waals surface area contributed by atoms with Gasteiger partial charge in [-0.05, 0) is 23.8 Å². The molecule has 156 valence electrons. The average Bonchev–Trinajstić information content (AvgIpc) is 3.21. The number of hydrogen-bond donors (Lipinski definition) is 2. The molecule has 0 saturated carbocycles. The molecule has 1 atom stereocenters. The number of nitrogens with zero attached hydrogens (tertiary/aromatic N) is 1. The number of ether oxygens (including phenoxy) is 2. The molecular weight excluding hydrogens is 402 g/mol. The lowest BCUT2D eigenvalue weighted by molar-refractivity contribution is -0.120. The zero-order valence-corrected chi connectivity index (χ0v) is 17.8. The number of anilines is 1. The molecule has 0 radical (unpaired) electrons. The zero-order chi connectivity index (χ0) is 21.5. The van der Waals surface area contributed by atoms with E-state index in [1.54, 1.807) is 14.2 Å². The van der Waals surface area contributed by atoms with E-state index < -0.39 is 6.04 Å². The van der Waals surface area contributed by atoms with Crippen LogP contribution in [0.25, 0.3) is 11.3 Å². The van der Waals surface area contributed by atoms with Crippen LogP contribution in [0.4, 0.5) is 5.13 Å². The molecule has 0 aliphatic rings. The Morgan fingerprint density at radius 1 is 1.07 bits per heavy atom. The van der Waals surface area contributed by atoms with Gasteiger partial charge < -0.3 is 20.1 Å². The fourth-order valence-corrected chi connectivity index (χ4v) is 3.73. The van der Waals surface area contributed by atoms with Gasteiger partial charge in [0.1, 0.15) is 0 Å². The molecule has 30 heavy (non-hydrogen) atoms. The monoisotopic (exact) mass is 425 g/mol. The summed E-state index contributed by atoms with van der Waals surface area (Å²) in [5.41, 5.74) is 2.44. The van der Waals surface area contributed by atoms with Crippen molar-refractivity contribution in [2.75, 3.05) is 19.5 Å². The maximum Gasteiger partial charge on any atom is 0.228 e. The highest BCUT2D eigenvalue weighted by atomic mass is 32.1. The summed E-state index contributed by atoms with van der Waals surface area (Å²) in [5.74, 6) is 0.817. The number of hydrogen-bond acceptors (Lipinski definition) is 6. The Balaban J connectivity index is 1.70. The van der Waals surface area contributed by atoms with Crippen molar-refractivity contribution in [1.29, 1.82) is 0 Å². The van der Waals surface area contributed by atoms with Gasteiger partial charge in [-0.1, -0.05) is 30.3 Å². The first-order valence-corrected chi connectivity index (χ1v) is 10.2. The van der Waals surface area contributed by atoms with E-state index in [4.69, 9.17) is 9.47 Å². The molecule has 0 unspecified atom stereocenters. The van der Waals surface area contributed by atoms with Gasteiger partial charge in [0.2, 0.25) is 11.8 Å². The van der Waals surface area contributed by atoms with Crippen LogP contribution in [-0.4, -0.2) is 31.0 Å². The molecule has 3 aromatic rings. The van der Waals surface area contributed by atoms with Crippen molar-refractivity contribution in [3.8, 4) is 22.8 Å². The van der Waals surface area contributed by atoms with Crippen LogP contribution in [0.1, 0.15) is 24.9 Å². The normalized spacial score (nSPS) is 11.4. The van der Waals surface area contributed by atoms with Crippen molar-refractivity contribution in [2.45, 2.75) is 19.4 Å². The van der Waals surface area contributed by atoms with E-state index in [-0.39, 0.29) is 18.2 Å². The van der Waals surface area contributed by atoms with E-state index >= 15 is 0 Å². The molecule has 7 nitrogen and oxygen atoms in total. The average molecular weight is 426 g/mol. The number of benzene rings is 2. The van der Waals surface area contributed by atoms with E-state index in [2.05, 4.69) is 15.6 Å². The van der Waals surface area contributed by atoms with Gasteiger partial charge >= 0.3 is 0 Å². The number of carbonyl (C=O) groups excluding carboxylic acids is 2. The Bertz CT molecular complexity index is 1020. The van der Waals surface area contributed by atoms with Crippen LogP contribution in [0, 0.1) is 0 Å². The van der Waals surface area contributed by atoms with E-state index in [0.717, 1.165) is 16.8 Å². The second kappa shape index (κ2) is 9.89. The topological polar surface area (TPSA) is 89.6 Å². The molecule has 2 amide bonds. The van der Waals surface area contributed by atoms with Gasteiger partial charge in [-0.2, -0.15) is 0 Å². The van der Waals surface area contributed by atoms with E-state index in [1.165, 1.54) is 18.3 Å². The molecule has 2 N–H and O–H groups in total. The van der Waals surface area contributed by atoms with Gasteiger partial charge in [0.15, 0.2) is 16.6 Å². The Morgan fingerprint density at radius 3 is 2.47 bits per heavy atom. The first-order valence-electron chi connectivity index (χ1n) is 9.30. The van der Waals surface area contributed by atoms with Crippen LogP contribution in [0.3, 0.4) is 0 Å². The SMILES string of the molecule is COc1ccc(-c2csc(NC(=O)C[C@@H](NC(C)=O)c3ccccc3)n2)cc1OC. The predicted octanol–water partition coefficient (Wildman–Crippen LogP) is 4.03. The summed E-state index contributed by atoms with van der Waals surface area (Å²) in [6, 6.07) is 14.5. The minimum Gasteiger partial charge on any atom is -0.493 e. The van der Waals surface area contributed by atoms with Crippen LogP contribution in [0.5, 0.6) is 11.5 Å². The summed E-state index contributed by atoms with van der Waals surface area (Å²) < 4.78 is 10.6.